The first-order valence-corrected chi connectivity index (χ1v) is 9.14. The van der Waals surface area contributed by atoms with E-state index in [0.29, 0.717) is 12.8 Å². The van der Waals surface area contributed by atoms with E-state index in [4.69, 9.17) is 0 Å². The Morgan fingerprint density at radius 2 is 1.74 bits per heavy atom. The Kier molecular flexibility index (Phi) is 4.44. The summed E-state index contributed by atoms with van der Waals surface area (Å²) in [7, 11) is 1.53. The molecule has 0 atom stereocenters. The summed E-state index contributed by atoms with van der Waals surface area (Å²) in [6.07, 6.45) is 1.25. The molecule has 0 aliphatic carbocycles. The molecule has 1 spiro atoms. The smallest absolute Gasteiger partial charge is 0.323 e. The first-order chi connectivity index (χ1) is 13.0. The Balaban J connectivity index is 1.43. The van der Waals surface area contributed by atoms with E-state index in [1.807, 2.05) is 12.1 Å². The van der Waals surface area contributed by atoms with Crippen LogP contribution in [0.2, 0.25) is 0 Å². The summed E-state index contributed by atoms with van der Waals surface area (Å²) in [6.45, 7) is 2.28. The molecule has 2 aliphatic heterocycles. The van der Waals surface area contributed by atoms with E-state index in [1.54, 1.807) is 12.1 Å². The molecular formula is C21H22FN3O2. The Hall–Kier alpha value is -2.73. The van der Waals surface area contributed by atoms with Crippen LogP contribution in [0, 0.1) is 5.82 Å². The average Bonchev–Trinajstić information content (AvgIpc) is 2.88. The third-order valence-corrected chi connectivity index (χ3v) is 5.59. The number of carbonyl (C=O) groups is 2. The number of likely N-dealkylation sites (tertiary alicyclic amines) is 1. The number of carbonyl (C=O) groups excluding carboxylic acids is 2. The van der Waals surface area contributed by atoms with E-state index in [-0.39, 0.29) is 17.8 Å². The van der Waals surface area contributed by atoms with Gasteiger partial charge in [-0.3, -0.25) is 14.6 Å². The summed E-state index contributed by atoms with van der Waals surface area (Å²) in [5.74, 6) is -0.359. The second-order valence-corrected chi connectivity index (χ2v) is 7.36. The summed E-state index contributed by atoms with van der Waals surface area (Å²) in [5.41, 5.74) is 2.49. The molecule has 2 heterocycles. The van der Waals surface area contributed by atoms with Gasteiger partial charge in [-0.2, -0.15) is 0 Å². The maximum Gasteiger partial charge on any atom is 0.324 e. The van der Waals surface area contributed by atoms with Crippen LogP contribution in [0.25, 0.3) is 11.1 Å². The number of hydrogen-bond donors (Lipinski definition) is 1. The van der Waals surface area contributed by atoms with E-state index in [9.17, 15) is 14.0 Å². The molecule has 2 aromatic carbocycles. The maximum absolute atomic E-state index is 13.1. The molecule has 0 bridgehead atoms. The SMILES string of the molecule is CN1C(=O)NC2(CCN(Cc3cccc(-c4ccc(F)cc4)c3)CC2)C1=O. The molecule has 0 saturated carbocycles. The molecule has 6 heteroatoms. The van der Waals surface area contributed by atoms with Crippen molar-refractivity contribution in [3.8, 4) is 11.1 Å². The molecule has 2 saturated heterocycles. The predicted molar refractivity (Wildman–Crippen MR) is 100 cm³/mol. The largest absolute Gasteiger partial charge is 0.324 e. The highest BCUT2D eigenvalue weighted by Gasteiger charge is 2.50. The van der Waals surface area contributed by atoms with Crippen LogP contribution >= 0.6 is 0 Å². The highest BCUT2D eigenvalue weighted by atomic mass is 19.1. The van der Waals surface area contributed by atoms with Crippen molar-refractivity contribution < 1.29 is 14.0 Å². The number of benzene rings is 2. The zero-order chi connectivity index (χ0) is 19.0. The molecule has 27 heavy (non-hydrogen) atoms. The highest BCUT2D eigenvalue weighted by molar-refractivity contribution is 6.06. The van der Waals surface area contributed by atoms with Gasteiger partial charge >= 0.3 is 6.03 Å². The van der Waals surface area contributed by atoms with Crippen molar-refractivity contribution in [3.63, 3.8) is 0 Å². The molecule has 3 amide bonds. The van der Waals surface area contributed by atoms with Crippen LogP contribution in [-0.2, 0) is 11.3 Å². The normalized spacial score (nSPS) is 19.6. The molecule has 5 nitrogen and oxygen atoms in total. The van der Waals surface area contributed by atoms with Crippen LogP contribution in [-0.4, -0.2) is 47.4 Å². The molecule has 140 valence electrons. The Morgan fingerprint density at radius 1 is 1.04 bits per heavy atom. The first kappa shape index (κ1) is 17.7. The van der Waals surface area contributed by atoms with E-state index < -0.39 is 5.54 Å². The van der Waals surface area contributed by atoms with Crippen molar-refractivity contribution in [3.05, 3.63) is 59.9 Å². The fourth-order valence-corrected chi connectivity index (χ4v) is 3.94. The number of likely N-dealkylation sites (N-methyl/N-ethyl adjacent to an activating group) is 1. The lowest BCUT2D eigenvalue weighted by molar-refractivity contribution is -0.132. The van der Waals surface area contributed by atoms with Crippen molar-refractivity contribution >= 4 is 11.9 Å². The van der Waals surface area contributed by atoms with Gasteiger partial charge in [-0.25, -0.2) is 9.18 Å². The van der Waals surface area contributed by atoms with Gasteiger partial charge in [0.1, 0.15) is 11.4 Å². The van der Waals surface area contributed by atoms with Crippen molar-refractivity contribution in [2.24, 2.45) is 0 Å². The standard InChI is InChI=1S/C21H22FN3O2/c1-24-19(26)21(23-20(24)27)9-11-25(12-10-21)14-15-3-2-4-17(13-15)16-5-7-18(22)8-6-16/h2-8,13H,9-12,14H2,1H3,(H,23,27). The van der Waals surface area contributed by atoms with Crippen molar-refractivity contribution in [2.75, 3.05) is 20.1 Å². The minimum atomic E-state index is -0.724. The molecule has 0 unspecified atom stereocenters. The third kappa shape index (κ3) is 3.32. The lowest BCUT2D eigenvalue weighted by atomic mass is 9.87. The van der Waals surface area contributed by atoms with Gasteiger partial charge in [-0.1, -0.05) is 30.3 Å². The summed E-state index contributed by atoms with van der Waals surface area (Å²) < 4.78 is 13.1. The van der Waals surface area contributed by atoms with E-state index in [1.165, 1.54) is 29.6 Å². The fourth-order valence-electron chi connectivity index (χ4n) is 3.94. The van der Waals surface area contributed by atoms with E-state index >= 15 is 0 Å². The number of urea groups is 1. The minimum absolute atomic E-state index is 0.120. The number of nitrogens with zero attached hydrogens (tertiary/aromatic N) is 2. The van der Waals surface area contributed by atoms with Gasteiger partial charge in [-0.05, 0) is 47.7 Å². The van der Waals surface area contributed by atoms with Gasteiger partial charge in [-0.15, -0.1) is 0 Å². The Labute approximate surface area is 157 Å². The maximum atomic E-state index is 13.1. The topological polar surface area (TPSA) is 52.7 Å². The molecule has 2 aliphatic rings. The van der Waals surface area contributed by atoms with Crippen molar-refractivity contribution in [1.29, 1.82) is 0 Å². The van der Waals surface area contributed by atoms with Crippen molar-refractivity contribution in [2.45, 2.75) is 24.9 Å². The van der Waals surface area contributed by atoms with Crippen LogP contribution in [0.3, 0.4) is 0 Å². The second-order valence-electron chi connectivity index (χ2n) is 7.36. The van der Waals surface area contributed by atoms with Crippen LogP contribution in [0.15, 0.2) is 48.5 Å². The average molecular weight is 367 g/mol. The number of nitrogens with one attached hydrogen (secondary N) is 1. The Bertz CT molecular complexity index is 873. The van der Waals surface area contributed by atoms with Crippen LogP contribution in [0.1, 0.15) is 18.4 Å². The number of amides is 3. The molecule has 0 radical (unpaired) electrons. The summed E-state index contributed by atoms with van der Waals surface area (Å²) in [5, 5.41) is 2.87. The first-order valence-electron chi connectivity index (χ1n) is 9.14. The quantitative estimate of drug-likeness (QED) is 0.849. The number of rotatable bonds is 3. The lowest BCUT2D eigenvalue weighted by Gasteiger charge is -2.37. The van der Waals surface area contributed by atoms with Crippen LogP contribution in [0.4, 0.5) is 9.18 Å². The highest BCUT2D eigenvalue weighted by Crippen LogP contribution is 2.30. The van der Waals surface area contributed by atoms with Gasteiger partial charge in [0.2, 0.25) is 0 Å². The number of piperidine rings is 1. The summed E-state index contributed by atoms with van der Waals surface area (Å²) in [4.78, 5) is 27.6. The van der Waals surface area contributed by atoms with E-state index in [0.717, 1.165) is 30.8 Å². The molecule has 1 N–H and O–H groups in total. The van der Waals surface area contributed by atoms with Gasteiger partial charge in [0, 0.05) is 26.7 Å². The molecule has 2 fully saturated rings. The van der Waals surface area contributed by atoms with Crippen LogP contribution in [0.5, 0.6) is 0 Å². The van der Waals surface area contributed by atoms with Gasteiger partial charge in [0.15, 0.2) is 0 Å². The lowest BCUT2D eigenvalue weighted by Crippen LogP contribution is -2.54. The van der Waals surface area contributed by atoms with E-state index in [2.05, 4.69) is 22.3 Å². The van der Waals surface area contributed by atoms with Crippen molar-refractivity contribution in [1.82, 2.24) is 15.1 Å². The zero-order valence-corrected chi connectivity index (χ0v) is 15.2. The minimum Gasteiger partial charge on any atom is -0.323 e. The fraction of sp³-hybridized carbons (Fsp3) is 0.333. The monoisotopic (exact) mass is 367 g/mol. The molecule has 0 aromatic heterocycles. The molecule has 4 rings (SSSR count). The summed E-state index contributed by atoms with van der Waals surface area (Å²) >= 11 is 0. The third-order valence-electron chi connectivity index (χ3n) is 5.59. The predicted octanol–water partition coefficient (Wildman–Crippen LogP) is 3.01. The number of hydrogen-bond acceptors (Lipinski definition) is 3. The second kappa shape index (κ2) is 6.78. The van der Waals surface area contributed by atoms with Crippen LogP contribution < -0.4 is 5.32 Å². The number of halogens is 1. The molecule has 2 aromatic rings. The van der Waals surface area contributed by atoms with Gasteiger partial charge in [0.25, 0.3) is 5.91 Å². The molecular weight excluding hydrogens is 345 g/mol. The Morgan fingerprint density at radius 3 is 2.37 bits per heavy atom. The van der Waals surface area contributed by atoms with Gasteiger partial charge in [0.05, 0.1) is 0 Å². The van der Waals surface area contributed by atoms with Gasteiger partial charge < -0.3 is 5.32 Å². The summed E-state index contributed by atoms with van der Waals surface area (Å²) in [6, 6.07) is 14.4. The number of imide groups is 1. The zero-order valence-electron chi connectivity index (χ0n) is 15.2.